The second kappa shape index (κ2) is 4.48. The molecule has 2 aliphatic rings. The predicted molar refractivity (Wildman–Crippen MR) is 71.2 cm³/mol. The summed E-state index contributed by atoms with van der Waals surface area (Å²) in [6.45, 7) is 1.78. The van der Waals surface area contributed by atoms with Crippen LogP contribution in [0.4, 0.5) is 11.6 Å². The SMILES string of the molecule is Cc1nc([N+](=O)[O-])c(NC2CC3CCC(C2)N3)n1C. The summed E-state index contributed by atoms with van der Waals surface area (Å²) in [6, 6.07) is 1.42. The van der Waals surface area contributed by atoms with Crippen molar-refractivity contribution in [2.75, 3.05) is 5.32 Å². The first-order valence-electron chi connectivity index (χ1n) is 6.75. The Bertz CT molecular complexity index is 500. The van der Waals surface area contributed by atoms with Gasteiger partial charge in [0.25, 0.3) is 0 Å². The highest BCUT2D eigenvalue weighted by molar-refractivity contribution is 5.54. The molecule has 3 heterocycles. The molecule has 19 heavy (non-hydrogen) atoms. The number of rotatable bonds is 3. The van der Waals surface area contributed by atoms with E-state index in [1.54, 1.807) is 11.5 Å². The molecule has 2 fully saturated rings. The van der Waals surface area contributed by atoms with Crippen molar-refractivity contribution >= 4 is 11.6 Å². The van der Waals surface area contributed by atoms with Gasteiger partial charge in [-0.05, 0) is 35.6 Å². The second-order valence-electron chi connectivity index (χ2n) is 5.60. The average Bonchev–Trinajstić information content (AvgIpc) is 2.84. The molecule has 1 aromatic rings. The highest BCUT2D eigenvalue weighted by Gasteiger charge is 2.35. The van der Waals surface area contributed by atoms with Crippen molar-refractivity contribution in [1.29, 1.82) is 0 Å². The largest absolute Gasteiger partial charge is 0.406 e. The third-order valence-electron chi connectivity index (χ3n) is 4.29. The molecule has 0 saturated carbocycles. The molecule has 3 rings (SSSR count). The summed E-state index contributed by atoms with van der Waals surface area (Å²) >= 11 is 0. The number of aromatic nitrogens is 2. The van der Waals surface area contributed by atoms with E-state index >= 15 is 0 Å². The van der Waals surface area contributed by atoms with Crippen molar-refractivity contribution in [2.45, 2.75) is 50.7 Å². The maximum atomic E-state index is 11.0. The summed E-state index contributed by atoms with van der Waals surface area (Å²) in [5.41, 5.74) is 0. The molecule has 2 bridgehead atoms. The summed E-state index contributed by atoms with van der Waals surface area (Å²) in [5, 5.41) is 18.0. The maximum Gasteiger partial charge on any atom is 0.406 e. The normalized spacial score (nSPS) is 29.5. The number of hydrogen-bond acceptors (Lipinski definition) is 5. The van der Waals surface area contributed by atoms with Gasteiger partial charge in [-0.25, -0.2) is 0 Å². The van der Waals surface area contributed by atoms with E-state index in [0.29, 0.717) is 29.8 Å². The molecular formula is C12H19N5O2. The van der Waals surface area contributed by atoms with Gasteiger partial charge >= 0.3 is 5.82 Å². The van der Waals surface area contributed by atoms with Crippen LogP contribution in [-0.2, 0) is 7.05 Å². The van der Waals surface area contributed by atoms with E-state index in [-0.39, 0.29) is 5.82 Å². The predicted octanol–water partition coefficient (Wildman–Crippen LogP) is 1.33. The Kier molecular flexibility index (Phi) is 2.93. The lowest BCUT2D eigenvalue weighted by Gasteiger charge is -2.30. The summed E-state index contributed by atoms with van der Waals surface area (Å²) in [6.07, 6.45) is 4.49. The van der Waals surface area contributed by atoms with Crippen molar-refractivity contribution in [3.8, 4) is 0 Å². The van der Waals surface area contributed by atoms with Crippen LogP contribution in [-0.4, -0.2) is 32.6 Å². The van der Waals surface area contributed by atoms with E-state index in [1.807, 2.05) is 7.05 Å². The molecule has 2 aliphatic heterocycles. The Labute approximate surface area is 111 Å². The minimum Gasteiger partial charge on any atom is -0.361 e. The van der Waals surface area contributed by atoms with Crippen molar-refractivity contribution < 1.29 is 4.92 Å². The zero-order valence-corrected chi connectivity index (χ0v) is 11.2. The fourth-order valence-corrected chi connectivity index (χ4v) is 3.25. The number of fused-ring (bicyclic) bond motifs is 2. The van der Waals surface area contributed by atoms with Crippen LogP contribution in [0.2, 0.25) is 0 Å². The molecule has 0 amide bonds. The van der Waals surface area contributed by atoms with E-state index in [9.17, 15) is 10.1 Å². The molecule has 2 N–H and O–H groups in total. The molecular weight excluding hydrogens is 246 g/mol. The monoisotopic (exact) mass is 265 g/mol. The highest BCUT2D eigenvalue weighted by atomic mass is 16.6. The molecule has 2 saturated heterocycles. The summed E-state index contributed by atoms with van der Waals surface area (Å²) in [5.74, 6) is 1.13. The third-order valence-corrected chi connectivity index (χ3v) is 4.29. The number of hydrogen-bond donors (Lipinski definition) is 2. The van der Waals surface area contributed by atoms with Gasteiger partial charge in [-0.1, -0.05) is 0 Å². The summed E-state index contributed by atoms with van der Waals surface area (Å²) in [7, 11) is 1.81. The van der Waals surface area contributed by atoms with E-state index in [1.165, 1.54) is 12.8 Å². The molecule has 7 heteroatoms. The number of anilines is 1. The summed E-state index contributed by atoms with van der Waals surface area (Å²) < 4.78 is 1.77. The average molecular weight is 265 g/mol. The van der Waals surface area contributed by atoms with Crippen molar-refractivity contribution in [3.63, 3.8) is 0 Å². The van der Waals surface area contributed by atoms with Crippen LogP contribution in [0.3, 0.4) is 0 Å². The van der Waals surface area contributed by atoms with Crippen LogP contribution in [0.1, 0.15) is 31.5 Å². The first-order valence-corrected chi connectivity index (χ1v) is 6.75. The van der Waals surface area contributed by atoms with Gasteiger partial charge in [-0.15, -0.1) is 0 Å². The number of nitrogens with one attached hydrogen (secondary N) is 2. The van der Waals surface area contributed by atoms with E-state index in [4.69, 9.17) is 0 Å². The van der Waals surface area contributed by atoms with Crippen LogP contribution in [0.5, 0.6) is 0 Å². The Morgan fingerprint density at radius 1 is 1.42 bits per heavy atom. The quantitative estimate of drug-likeness (QED) is 0.636. The van der Waals surface area contributed by atoms with Gasteiger partial charge in [0.2, 0.25) is 11.6 Å². The molecule has 0 aromatic carbocycles. The standard InChI is InChI=1S/C12H19N5O2/c1-7-13-12(17(18)19)11(16(7)2)15-10-5-8-3-4-9(6-10)14-8/h8-10,14-15H,3-6H2,1-2H3. The molecule has 0 radical (unpaired) electrons. The lowest BCUT2D eigenvalue weighted by molar-refractivity contribution is -0.388. The van der Waals surface area contributed by atoms with Crippen LogP contribution in [0.25, 0.3) is 0 Å². The zero-order chi connectivity index (χ0) is 13.6. The van der Waals surface area contributed by atoms with Gasteiger partial charge in [0.1, 0.15) is 0 Å². The molecule has 0 aliphatic carbocycles. The van der Waals surface area contributed by atoms with Crippen molar-refractivity contribution in [2.24, 2.45) is 7.05 Å². The smallest absolute Gasteiger partial charge is 0.361 e. The fraction of sp³-hybridized carbons (Fsp3) is 0.750. The van der Waals surface area contributed by atoms with Crippen LogP contribution >= 0.6 is 0 Å². The molecule has 7 nitrogen and oxygen atoms in total. The topological polar surface area (TPSA) is 85.0 Å². The first kappa shape index (κ1) is 12.4. The van der Waals surface area contributed by atoms with Crippen LogP contribution in [0, 0.1) is 17.0 Å². The highest BCUT2D eigenvalue weighted by Crippen LogP contribution is 2.31. The second-order valence-corrected chi connectivity index (χ2v) is 5.60. The van der Waals surface area contributed by atoms with E-state index in [2.05, 4.69) is 15.6 Å². The van der Waals surface area contributed by atoms with Gasteiger partial charge in [0.15, 0.2) is 0 Å². The van der Waals surface area contributed by atoms with Crippen molar-refractivity contribution in [1.82, 2.24) is 14.9 Å². The van der Waals surface area contributed by atoms with Gasteiger partial charge in [0, 0.05) is 32.1 Å². The molecule has 2 atom stereocenters. The zero-order valence-electron chi connectivity index (χ0n) is 11.2. The number of aryl methyl sites for hydroxylation is 1. The van der Waals surface area contributed by atoms with Gasteiger partial charge < -0.3 is 20.7 Å². The van der Waals surface area contributed by atoms with Crippen molar-refractivity contribution in [3.05, 3.63) is 15.9 Å². The Morgan fingerprint density at radius 2 is 2.05 bits per heavy atom. The van der Waals surface area contributed by atoms with E-state index in [0.717, 1.165) is 12.8 Å². The molecule has 2 unspecified atom stereocenters. The Morgan fingerprint density at radius 3 is 2.63 bits per heavy atom. The van der Waals surface area contributed by atoms with Gasteiger partial charge in [0.05, 0.1) is 0 Å². The lowest BCUT2D eigenvalue weighted by atomic mass is 10.00. The Balaban J connectivity index is 1.81. The lowest BCUT2D eigenvalue weighted by Crippen LogP contribution is -2.43. The maximum absolute atomic E-state index is 11.0. The van der Waals surface area contributed by atoms with Gasteiger partial charge in [-0.2, -0.15) is 0 Å². The molecule has 104 valence electrons. The minimum atomic E-state index is -0.412. The number of piperidine rings is 1. The van der Waals surface area contributed by atoms with Gasteiger partial charge in [-0.3, -0.25) is 4.57 Å². The fourth-order valence-electron chi connectivity index (χ4n) is 3.25. The number of nitro groups is 1. The molecule has 1 aromatic heterocycles. The first-order chi connectivity index (χ1) is 9.04. The third kappa shape index (κ3) is 2.18. The van der Waals surface area contributed by atoms with Crippen LogP contribution in [0.15, 0.2) is 0 Å². The minimum absolute atomic E-state index is 0.0640. The number of imidazole rings is 1. The van der Waals surface area contributed by atoms with E-state index < -0.39 is 4.92 Å². The van der Waals surface area contributed by atoms with Crippen LogP contribution < -0.4 is 10.6 Å². The number of nitrogens with zero attached hydrogens (tertiary/aromatic N) is 3. The summed E-state index contributed by atoms with van der Waals surface area (Å²) in [4.78, 5) is 14.7. The molecule has 0 spiro atoms. The Hall–Kier alpha value is -1.63.